The maximum Gasteiger partial charge on any atom is 0.250 e. The number of para-hydroxylation sites is 2. The van der Waals surface area contributed by atoms with Gasteiger partial charge in [0, 0.05) is 18.4 Å². The first-order valence-electron chi connectivity index (χ1n) is 6.60. The van der Waals surface area contributed by atoms with Gasteiger partial charge in [-0.3, -0.25) is 4.79 Å². The van der Waals surface area contributed by atoms with Crippen molar-refractivity contribution in [3.63, 3.8) is 0 Å². The summed E-state index contributed by atoms with van der Waals surface area (Å²) in [6, 6.07) is 15.4. The molecule has 0 aliphatic carbocycles. The van der Waals surface area contributed by atoms with E-state index < -0.39 is 0 Å². The Balaban J connectivity index is 1.81. The van der Waals surface area contributed by atoms with Gasteiger partial charge in [-0.2, -0.15) is 0 Å². The average molecular weight is 281 g/mol. The quantitative estimate of drug-likeness (QED) is 0.772. The van der Waals surface area contributed by atoms with Crippen molar-refractivity contribution in [2.75, 3.05) is 19.0 Å². The van der Waals surface area contributed by atoms with E-state index in [4.69, 9.17) is 4.74 Å². The number of fused-ring (bicyclic) bond motifs is 1. The minimum atomic E-state index is -0.172. The van der Waals surface area contributed by atoms with Crippen LogP contribution in [0.2, 0.25) is 0 Å². The van der Waals surface area contributed by atoms with Crippen molar-refractivity contribution in [1.82, 2.24) is 9.97 Å². The Hall–Kier alpha value is -2.66. The molecule has 0 fully saturated rings. The zero-order valence-corrected chi connectivity index (χ0v) is 11.6. The lowest BCUT2D eigenvalue weighted by Gasteiger charge is -2.04. The number of aromatic nitrogens is 2. The molecule has 1 amide bonds. The van der Waals surface area contributed by atoms with Crippen LogP contribution in [-0.4, -0.2) is 29.6 Å². The molecule has 5 nitrogen and oxygen atoms in total. The summed E-state index contributed by atoms with van der Waals surface area (Å²) in [4.78, 5) is 19.2. The number of carbonyl (C=O) groups excluding carboxylic acids is 1. The van der Waals surface area contributed by atoms with Crippen LogP contribution in [0.1, 0.15) is 0 Å². The van der Waals surface area contributed by atoms with Crippen LogP contribution in [-0.2, 0) is 9.53 Å². The van der Waals surface area contributed by atoms with Crippen LogP contribution in [0, 0.1) is 0 Å². The van der Waals surface area contributed by atoms with Crippen molar-refractivity contribution < 1.29 is 9.53 Å². The molecule has 21 heavy (non-hydrogen) atoms. The maximum absolute atomic E-state index is 11.4. The minimum absolute atomic E-state index is 0.0469. The fraction of sp³-hybridized carbons (Fsp3) is 0.125. The largest absolute Gasteiger partial charge is 0.375 e. The molecule has 5 heteroatoms. The standard InChI is InChI=1S/C16H15N3O2/c1-21-10-15(20)17-12-8-6-11(7-9-12)16-18-13-4-2-3-5-14(13)19-16/h2-9H,10H2,1H3,(H,17,20)(H,18,19). The lowest BCUT2D eigenvalue weighted by molar-refractivity contribution is -0.119. The molecule has 2 N–H and O–H groups in total. The highest BCUT2D eigenvalue weighted by molar-refractivity contribution is 5.92. The molecule has 0 saturated carbocycles. The molecule has 0 aliphatic rings. The van der Waals surface area contributed by atoms with Gasteiger partial charge in [0.15, 0.2) is 0 Å². The van der Waals surface area contributed by atoms with Crippen LogP contribution < -0.4 is 5.32 Å². The molecule has 0 radical (unpaired) electrons. The number of rotatable bonds is 4. The summed E-state index contributed by atoms with van der Waals surface area (Å²) in [5.41, 5.74) is 3.64. The van der Waals surface area contributed by atoms with E-state index in [1.807, 2.05) is 48.5 Å². The van der Waals surface area contributed by atoms with E-state index in [0.717, 1.165) is 28.1 Å². The number of benzene rings is 2. The van der Waals surface area contributed by atoms with Crippen LogP contribution in [0.15, 0.2) is 48.5 Å². The number of imidazole rings is 1. The fourth-order valence-electron chi connectivity index (χ4n) is 2.13. The van der Waals surface area contributed by atoms with Crippen LogP contribution in [0.25, 0.3) is 22.4 Å². The van der Waals surface area contributed by atoms with Crippen LogP contribution in [0.5, 0.6) is 0 Å². The van der Waals surface area contributed by atoms with Gasteiger partial charge in [0.1, 0.15) is 12.4 Å². The Morgan fingerprint density at radius 3 is 2.67 bits per heavy atom. The molecule has 0 atom stereocenters. The monoisotopic (exact) mass is 281 g/mol. The Bertz CT molecular complexity index is 730. The molecule has 106 valence electrons. The first kappa shape index (κ1) is 13.3. The third-order valence-electron chi connectivity index (χ3n) is 3.11. The Morgan fingerprint density at radius 2 is 1.95 bits per heavy atom. The topological polar surface area (TPSA) is 67.0 Å². The second-order valence-corrected chi connectivity index (χ2v) is 4.66. The number of nitrogens with zero attached hydrogens (tertiary/aromatic N) is 1. The summed E-state index contributed by atoms with van der Waals surface area (Å²) in [5, 5.41) is 2.75. The molecule has 3 rings (SSSR count). The Morgan fingerprint density at radius 1 is 1.19 bits per heavy atom. The molecule has 0 saturated heterocycles. The van der Waals surface area contributed by atoms with Crippen molar-refractivity contribution >= 4 is 22.6 Å². The molecular formula is C16H15N3O2. The third-order valence-corrected chi connectivity index (χ3v) is 3.11. The molecule has 2 aromatic carbocycles. The number of nitrogens with one attached hydrogen (secondary N) is 2. The lowest BCUT2D eigenvalue weighted by Crippen LogP contribution is -2.16. The van der Waals surface area contributed by atoms with Gasteiger partial charge in [-0.15, -0.1) is 0 Å². The van der Waals surface area contributed by atoms with Gasteiger partial charge in [-0.05, 0) is 36.4 Å². The smallest absolute Gasteiger partial charge is 0.250 e. The number of methoxy groups -OCH3 is 1. The van der Waals surface area contributed by atoms with Gasteiger partial charge < -0.3 is 15.0 Å². The Kier molecular flexibility index (Phi) is 3.66. The van der Waals surface area contributed by atoms with Crippen molar-refractivity contribution in [2.24, 2.45) is 0 Å². The van der Waals surface area contributed by atoms with Crippen molar-refractivity contribution in [3.05, 3.63) is 48.5 Å². The lowest BCUT2D eigenvalue weighted by atomic mass is 10.2. The number of hydrogen-bond donors (Lipinski definition) is 2. The van der Waals surface area contributed by atoms with Crippen molar-refractivity contribution in [2.45, 2.75) is 0 Å². The normalized spacial score (nSPS) is 10.7. The van der Waals surface area contributed by atoms with Crippen LogP contribution in [0.4, 0.5) is 5.69 Å². The van der Waals surface area contributed by atoms with Gasteiger partial charge in [0.2, 0.25) is 5.91 Å². The highest BCUT2D eigenvalue weighted by Crippen LogP contribution is 2.21. The highest BCUT2D eigenvalue weighted by Gasteiger charge is 2.06. The van der Waals surface area contributed by atoms with E-state index in [9.17, 15) is 4.79 Å². The molecule has 0 bridgehead atoms. The van der Waals surface area contributed by atoms with E-state index in [0.29, 0.717) is 0 Å². The average Bonchev–Trinajstić information content (AvgIpc) is 2.92. The predicted octanol–water partition coefficient (Wildman–Crippen LogP) is 2.81. The zero-order chi connectivity index (χ0) is 14.7. The summed E-state index contributed by atoms with van der Waals surface area (Å²) in [6.45, 7) is 0.0469. The molecule has 1 aromatic heterocycles. The SMILES string of the molecule is COCC(=O)Nc1ccc(-c2nc3ccccc3[nH]2)cc1. The molecular weight excluding hydrogens is 266 g/mol. The summed E-state index contributed by atoms with van der Waals surface area (Å²) < 4.78 is 4.78. The van der Waals surface area contributed by atoms with E-state index in [2.05, 4.69) is 15.3 Å². The molecule has 3 aromatic rings. The number of carbonyl (C=O) groups is 1. The maximum atomic E-state index is 11.4. The first-order valence-corrected chi connectivity index (χ1v) is 6.60. The number of ether oxygens (including phenoxy) is 1. The van der Waals surface area contributed by atoms with E-state index >= 15 is 0 Å². The fourth-order valence-corrected chi connectivity index (χ4v) is 2.13. The van der Waals surface area contributed by atoms with Crippen molar-refractivity contribution in [1.29, 1.82) is 0 Å². The Labute approximate surface area is 122 Å². The van der Waals surface area contributed by atoms with Gasteiger partial charge in [-0.1, -0.05) is 12.1 Å². The number of amides is 1. The highest BCUT2D eigenvalue weighted by atomic mass is 16.5. The number of hydrogen-bond acceptors (Lipinski definition) is 3. The van der Waals surface area contributed by atoms with Crippen LogP contribution in [0.3, 0.4) is 0 Å². The van der Waals surface area contributed by atoms with E-state index in [1.165, 1.54) is 7.11 Å². The zero-order valence-electron chi connectivity index (χ0n) is 11.6. The van der Waals surface area contributed by atoms with E-state index in [1.54, 1.807) is 0 Å². The van der Waals surface area contributed by atoms with E-state index in [-0.39, 0.29) is 12.5 Å². The molecule has 0 aliphatic heterocycles. The summed E-state index contributed by atoms with van der Waals surface area (Å²) in [6.07, 6.45) is 0. The summed E-state index contributed by atoms with van der Waals surface area (Å²) >= 11 is 0. The number of aromatic amines is 1. The molecule has 1 heterocycles. The first-order chi connectivity index (χ1) is 10.3. The van der Waals surface area contributed by atoms with Gasteiger partial charge in [0.25, 0.3) is 0 Å². The molecule has 0 unspecified atom stereocenters. The van der Waals surface area contributed by atoms with Gasteiger partial charge >= 0.3 is 0 Å². The predicted molar refractivity (Wildman–Crippen MR) is 82.0 cm³/mol. The second-order valence-electron chi connectivity index (χ2n) is 4.66. The number of H-pyrrole nitrogens is 1. The van der Waals surface area contributed by atoms with Gasteiger partial charge in [-0.25, -0.2) is 4.98 Å². The molecule has 0 spiro atoms. The van der Waals surface area contributed by atoms with Crippen LogP contribution >= 0.6 is 0 Å². The summed E-state index contributed by atoms with van der Waals surface area (Å²) in [7, 11) is 1.49. The van der Waals surface area contributed by atoms with Gasteiger partial charge in [0.05, 0.1) is 11.0 Å². The summed E-state index contributed by atoms with van der Waals surface area (Å²) in [5.74, 6) is 0.639. The minimum Gasteiger partial charge on any atom is -0.375 e. The second kappa shape index (κ2) is 5.76. The third kappa shape index (κ3) is 2.93. The number of anilines is 1. The van der Waals surface area contributed by atoms with Crippen molar-refractivity contribution in [3.8, 4) is 11.4 Å².